The summed E-state index contributed by atoms with van der Waals surface area (Å²) in [7, 11) is -2.56. The van der Waals surface area contributed by atoms with Crippen molar-refractivity contribution >= 4 is 62.3 Å². The van der Waals surface area contributed by atoms with Crippen molar-refractivity contribution in [3.63, 3.8) is 0 Å². The van der Waals surface area contributed by atoms with Gasteiger partial charge >= 0.3 is 0 Å². The van der Waals surface area contributed by atoms with Crippen LogP contribution in [0, 0.1) is 0 Å². The summed E-state index contributed by atoms with van der Waals surface area (Å²) < 4.78 is 31.7. The van der Waals surface area contributed by atoms with Gasteiger partial charge in [-0.15, -0.1) is 0 Å². The number of rotatable bonds is 11. The topological polar surface area (TPSA) is 96.0 Å². The lowest BCUT2D eigenvalue weighted by Crippen LogP contribution is -2.52. The number of benzene rings is 2. The SMILES string of the molecule is CCNC(=O)[C@H](CC)N(Cc1ccc(Cl)cc1Cl)C(=O)CN(c1cc(Cl)ccc1OC)S(C)(=O)=O. The minimum atomic E-state index is -3.94. The summed E-state index contributed by atoms with van der Waals surface area (Å²) in [5.74, 6) is -0.753. The van der Waals surface area contributed by atoms with E-state index >= 15 is 0 Å². The standard InChI is InChI=1S/C23H28Cl3N3O5S/c1-5-19(23(31)27-6-2)28(13-15-7-8-16(24)11-18(15)26)22(30)14-29(35(4,32)33)20-12-17(25)9-10-21(20)34-3/h7-12,19H,5-6,13-14H2,1-4H3,(H,27,31)/t19-/m0/s1. The zero-order valence-corrected chi connectivity index (χ0v) is 22.9. The van der Waals surface area contributed by atoms with Gasteiger partial charge in [0.1, 0.15) is 18.3 Å². The van der Waals surface area contributed by atoms with E-state index in [9.17, 15) is 18.0 Å². The van der Waals surface area contributed by atoms with Crippen LogP contribution in [0.15, 0.2) is 36.4 Å². The second-order valence-electron chi connectivity index (χ2n) is 7.66. The molecule has 0 aliphatic carbocycles. The molecule has 8 nitrogen and oxygen atoms in total. The van der Waals surface area contributed by atoms with Crippen LogP contribution >= 0.6 is 34.8 Å². The third-order valence-corrected chi connectivity index (χ3v) is 7.13. The average Bonchev–Trinajstić information content (AvgIpc) is 2.78. The molecular formula is C23H28Cl3N3O5S. The molecule has 0 saturated carbocycles. The maximum atomic E-state index is 13.6. The van der Waals surface area contributed by atoms with Crippen LogP contribution in [0.25, 0.3) is 0 Å². The molecule has 0 aliphatic heterocycles. The van der Waals surface area contributed by atoms with Gasteiger partial charge in [0.05, 0.1) is 19.1 Å². The maximum absolute atomic E-state index is 13.6. The highest BCUT2D eigenvalue weighted by atomic mass is 35.5. The van der Waals surface area contributed by atoms with Crippen molar-refractivity contribution in [3.8, 4) is 5.75 Å². The summed E-state index contributed by atoms with van der Waals surface area (Å²) in [5.41, 5.74) is 0.657. The van der Waals surface area contributed by atoms with Crippen LogP contribution in [-0.4, -0.2) is 57.6 Å². The van der Waals surface area contributed by atoms with Gasteiger partial charge < -0.3 is 15.0 Å². The fourth-order valence-corrected chi connectivity index (χ4v) is 4.98. The zero-order chi connectivity index (χ0) is 26.3. The lowest BCUT2D eigenvalue weighted by Gasteiger charge is -2.33. The van der Waals surface area contributed by atoms with Crippen molar-refractivity contribution < 1.29 is 22.7 Å². The lowest BCUT2D eigenvalue weighted by atomic mass is 10.1. The Bertz CT molecular complexity index is 1180. The molecule has 1 atom stereocenters. The quantitative estimate of drug-likeness (QED) is 0.437. The molecule has 12 heteroatoms. The van der Waals surface area contributed by atoms with Crippen molar-refractivity contribution in [2.75, 3.05) is 30.8 Å². The molecule has 192 valence electrons. The zero-order valence-electron chi connectivity index (χ0n) is 19.8. The van der Waals surface area contributed by atoms with E-state index in [2.05, 4.69) is 5.32 Å². The third-order valence-electron chi connectivity index (χ3n) is 5.18. The first-order valence-corrected chi connectivity index (χ1v) is 13.7. The van der Waals surface area contributed by atoms with Crippen LogP contribution in [0.3, 0.4) is 0 Å². The fraction of sp³-hybridized carbons (Fsp3) is 0.391. The summed E-state index contributed by atoms with van der Waals surface area (Å²) in [5, 5.41) is 3.73. The highest BCUT2D eigenvalue weighted by Gasteiger charge is 2.32. The molecule has 0 bridgehead atoms. The Hall–Kier alpha value is -2.20. The van der Waals surface area contributed by atoms with E-state index in [0.717, 1.165) is 10.6 Å². The molecule has 0 fully saturated rings. The number of anilines is 1. The van der Waals surface area contributed by atoms with E-state index in [1.165, 1.54) is 30.2 Å². The summed E-state index contributed by atoms with van der Waals surface area (Å²) in [6.07, 6.45) is 1.27. The van der Waals surface area contributed by atoms with Crippen molar-refractivity contribution in [1.29, 1.82) is 0 Å². The molecule has 0 radical (unpaired) electrons. The molecule has 0 spiro atoms. The predicted octanol–water partition coefficient (Wildman–Crippen LogP) is 4.36. The monoisotopic (exact) mass is 563 g/mol. The first kappa shape index (κ1) is 29.0. The lowest BCUT2D eigenvalue weighted by molar-refractivity contribution is -0.140. The number of sulfonamides is 1. The van der Waals surface area contributed by atoms with Gasteiger partial charge in [0.2, 0.25) is 21.8 Å². The van der Waals surface area contributed by atoms with E-state index < -0.39 is 28.5 Å². The Kier molecular flexibility index (Phi) is 10.5. The number of likely N-dealkylation sites (N-methyl/N-ethyl adjacent to an activating group) is 1. The van der Waals surface area contributed by atoms with Crippen molar-refractivity contribution in [3.05, 3.63) is 57.0 Å². The van der Waals surface area contributed by atoms with Gasteiger partial charge in [-0.3, -0.25) is 13.9 Å². The van der Waals surface area contributed by atoms with E-state index in [0.29, 0.717) is 28.6 Å². The van der Waals surface area contributed by atoms with Gasteiger partial charge in [-0.05, 0) is 49.2 Å². The van der Waals surface area contributed by atoms with Gasteiger partial charge in [0, 0.05) is 28.2 Å². The van der Waals surface area contributed by atoms with E-state index in [-0.39, 0.29) is 28.9 Å². The predicted molar refractivity (Wildman–Crippen MR) is 140 cm³/mol. The number of nitrogens with zero attached hydrogens (tertiary/aromatic N) is 2. The number of methoxy groups -OCH3 is 1. The Labute approximate surface area is 221 Å². The average molecular weight is 565 g/mol. The first-order chi connectivity index (χ1) is 16.4. The number of hydrogen-bond donors (Lipinski definition) is 1. The van der Waals surface area contributed by atoms with E-state index in [1.54, 1.807) is 32.0 Å². The Morgan fingerprint density at radius 2 is 1.69 bits per heavy atom. The number of nitrogens with one attached hydrogen (secondary N) is 1. The Balaban J connectivity index is 2.54. The summed E-state index contributed by atoms with van der Waals surface area (Å²) in [6.45, 7) is 3.28. The number of halogens is 3. The minimum Gasteiger partial charge on any atom is -0.495 e. The van der Waals surface area contributed by atoms with E-state index in [1.807, 2.05) is 0 Å². The van der Waals surface area contributed by atoms with Crippen LogP contribution in [0.4, 0.5) is 5.69 Å². The van der Waals surface area contributed by atoms with Crippen LogP contribution in [-0.2, 0) is 26.2 Å². The molecule has 2 aromatic rings. The molecule has 0 aromatic heterocycles. The van der Waals surface area contributed by atoms with Crippen LogP contribution in [0.2, 0.25) is 15.1 Å². The molecule has 35 heavy (non-hydrogen) atoms. The molecular weight excluding hydrogens is 537 g/mol. The molecule has 2 aromatic carbocycles. The highest BCUT2D eigenvalue weighted by Crippen LogP contribution is 2.33. The molecule has 0 unspecified atom stereocenters. The normalized spacial score (nSPS) is 12.1. The highest BCUT2D eigenvalue weighted by molar-refractivity contribution is 7.92. The van der Waals surface area contributed by atoms with Gasteiger partial charge in [-0.25, -0.2) is 8.42 Å². The Morgan fingerprint density at radius 3 is 2.23 bits per heavy atom. The fourth-order valence-electron chi connectivity index (χ4n) is 3.50. The Morgan fingerprint density at radius 1 is 1.06 bits per heavy atom. The van der Waals surface area contributed by atoms with Crippen LogP contribution in [0.1, 0.15) is 25.8 Å². The number of carbonyl (C=O) groups is 2. The molecule has 0 heterocycles. The number of hydrogen-bond acceptors (Lipinski definition) is 5. The molecule has 0 aliphatic rings. The van der Waals surface area contributed by atoms with E-state index in [4.69, 9.17) is 39.5 Å². The van der Waals surface area contributed by atoms with Gasteiger partial charge in [-0.2, -0.15) is 0 Å². The maximum Gasteiger partial charge on any atom is 0.244 e. The van der Waals surface area contributed by atoms with Gasteiger partial charge in [0.15, 0.2) is 0 Å². The third kappa shape index (κ3) is 7.64. The molecule has 2 amide bonds. The van der Waals surface area contributed by atoms with Crippen LogP contribution in [0.5, 0.6) is 5.75 Å². The molecule has 2 rings (SSSR count). The minimum absolute atomic E-state index is 0.0330. The summed E-state index contributed by atoms with van der Waals surface area (Å²) in [6, 6.07) is 8.40. The number of ether oxygens (including phenoxy) is 1. The van der Waals surface area contributed by atoms with Crippen molar-refractivity contribution in [1.82, 2.24) is 10.2 Å². The largest absolute Gasteiger partial charge is 0.495 e. The second kappa shape index (κ2) is 12.7. The van der Waals surface area contributed by atoms with Crippen molar-refractivity contribution in [2.45, 2.75) is 32.9 Å². The summed E-state index contributed by atoms with van der Waals surface area (Å²) >= 11 is 18.4. The summed E-state index contributed by atoms with van der Waals surface area (Å²) in [4.78, 5) is 27.8. The smallest absolute Gasteiger partial charge is 0.244 e. The molecule has 1 N–H and O–H groups in total. The van der Waals surface area contributed by atoms with Crippen LogP contribution < -0.4 is 14.4 Å². The van der Waals surface area contributed by atoms with Gasteiger partial charge in [0.25, 0.3) is 0 Å². The second-order valence-corrected chi connectivity index (χ2v) is 10.8. The first-order valence-electron chi connectivity index (χ1n) is 10.7. The number of amides is 2. The van der Waals surface area contributed by atoms with Crippen molar-refractivity contribution in [2.24, 2.45) is 0 Å². The van der Waals surface area contributed by atoms with Gasteiger partial charge in [-0.1, -0.05) is 47.8 Å². The number of carbonyl (C=O) groups excluding carboxylic acids is 2. The molecule has 0 saturated heterocycles.